The topological polar surface area (TPSA) is 80.6 Å². The van der Waals surface area contributed by atoms with Crippen molar-refractivity contribution in [3.05, 3.63) is 101 Å². The Morgan fingerprint density at radius 2 is 1.81 bits per heavy atom. The van der Waals surface area contributed by atoms with E-state index in [1.165, 1.54) is 6.08 Å². The lowest BCUT2D eigenvalue weighted by molar-refractivity contribution is -0.112. The molecule has 0 aliphatic carbocycles. The van der Waals surface area contributed by atoms with Gasteiger partial charge in [0.05, 0.1) is 13.2 Å². The van der Waals surface area contributed by atoms with E-state index in [0.717, 1.165) is 11.1 Å². The molecule has 0 aliphatic rings. The molecular weight excluding hydrogens is 488 g/mol. The Morgan fingerprint density at radius 3 is 2.49 bits per heavy atom. The van der Waals surface area contributed by atoms with Crippen molar-refractivity contribution in [1.29, 1.82) is 5.26 Å². The van der Waals surface area contributed by atoms with E-state index in [-0.39, 0.29) is 5.57 Å². The van der Waals surface area contributed by atoms with Crippen molar-refractivity contribution in [3.8, 4) is 23.3 Å². The number of allylic oxidation sites excluding steroid dienone is 1. The fourth-order valence-corrected chi connectivity index (χ4v) is 3.71. The van der Waals surface area contributed by atoms with Crippen LogP contribution in [0.3, 0.4) is 0 Å². The molecule has 6 nitrogen and oxygen atoms in total. The fourth-order valence-electron chi connectivity index (χ4n) is 3.58. The molecule has 3 aromatic carbocycles. The van der Waals surface area contributed by atoms with Crippen LogP contribution in [-0.2, 0) is 17.8 Å². The second-order valence-electron chi connectivity index (χ2n) is 7.93. The van der Waals surface area contributed by atoms with E-state index in [9.17, 15) is 10.1 Å². The van der Waals surface area contributed by atoms with Gasteiger partial charge in [-0.25, -0.2) is 0 Å². The zero-order valence-electron chi connectivity index (χ0n) is 20.9. The Bertz CT molecular complexity index is 1310. The predicted molar refractivity (Wildman–Crippen MR) is 147 cm³/mol. The van der Waals surface area contributed by atoms with Crippen LogP contribution in [0.5, 0.6) is 17.2 Å². The van der Waals surface area contributed by atoms with Crippen LogP contribution in [0.15, 0.2) is 78.9 Å². The average Bonchev–Trinajstić information content (AvgIpc) is 2.88. The van der Waals surface area contributed by atoms with Gasteiger partial charge in [-0.05, 0) is 73.9 Å². The van der Waals surface area contributed by atoms with E-state index in [2.05, 4.69) is 11.9 Å². The van der Waals surface area contributed by atoms with Crippen LogP contribution < -0.4 is 19.5 Å². The van der Waals surface area contributed by atoms with Crippen molar-refractivity contribution in [2.24, 2.45) is 0 Å². The maximum Gasteiger partial charge on any atom is 0.266 e. The number of amides is 1. The summed E-state index contributed by atoms with van der Waals surface area (Å²) in [6.45, 7) is 8.86. The SMILES string of the molecule is C=CCc1cc(/C=C(/C#N)C(=O)Nc2cccc(OCC)c2)cc(OCC)c1OCc1ccc(Cl)cc1. The largest absolute Gasteiger partial charge is 0.494 e. The van der Waals surface area contributed by atoms with Crippen molar-refractivity contribution in [1.82, 2.24) is 0 Å². The summed E-state index contributed by atoms with van der Waals surface area (Å²) < 4.78 is 17.5. The summed E-state index contributed by atoms with van der Waals surface area (Å²) in [6, 6.07) is 20.0. The number of nitrogens with one attached hydrogen (secondary N) is 1. The average molecular weight is 517 g/mol. The number of halogens is 1. The molecule has 0 saturated heterocycles. The first-order valence-corrected chi connectivity index (χ1v) is 12.3. The maximum absolute atomic E-state index is 12.9. The Morgan fingerprint density at radius 1 is 1.05 bits per heavy atom. The third-order valence-electron chi connectivity index (χ3n) is 5.19. The molecule has 190 valence electrons. The van der Waals surface area contributed by atoms with Crippen molar-refractivity contribution in [3.63, 3.8) is 0 Å². The standard InChI is InChI=1S/C30H29ClN2O4/c1-4-8-23-15-22(16-24(19-32)30(34)33-26-9-7-10-27(18-26)35-5-2)17-28(36-6-3)29(23)37-20-21-11-13-25(31)14-12-21/h4,7,9-18H,1,5-6,8,20H2,2-3H3,(H,33,34)/b24-16-. The zero-order chi connectivity index (χ0) is 26.6. The van der Waals surface area contributed by atoms with Crippen LogP contribution in [0.25, 0.3) is 6.08 Å². The Labute approximate surface area is 222 Å². The molecule has 3 rings (SSSR count). The Balaban J connectivity index is 1.90. The molecule has 0 spiro atoms. The number of nitriles is 1. The summed E-state index contributed by atoms with van der Waals surface area (Å²) >= 11 is 5.99. The molecule has 3 aromatic rings. The van der Waals surface area contributed by atoms with Crippen molar-refractivity contribution in [2.45, 2.75) is 26.9 Å². The van der Waals surface area contributed by atoms with E-state index >= 15 is 0 Å². The summed E-state index contributed by atoms with van der Waals surface area (Å²) in [5, 5.41) is 13.1. The number of rotatable bonds is 12. The molecule has 1 N–H and O–H groups in total. The van der Waals surface area contributed by atoms with E-state index in [1.807, 2.05) is 50.2 Å². The molecule has 0 saturated carbocycles. The molecule has 0 radical (unpaired) electrons. The van der Waals surface area contributed by atoms with Gasteiger partial charge in [-0.2, -0.15) is 5.26 Å². The van der Waals surface area contributed by atoms with Crippen molar-refractivity contribution >= 4 is 29.3 Å². The van der Waals surface area contributed by atoms with Crippen LogP contribution >= 0.6 is 11.6 Å². The molecular formula is C30H29ClN2O4. The van der Waals surface area contributed by atoms with Gasteiger partial charge in [0.15, 0.2) is 11.5 Å². The number of ether oxygens (including phenoxy) is 3. The first-order valence-electron chi connectivity index (χ1n) is 11.9. The van der Waals surface area contributed by atoms with E-state index in [1.54, 1.807) is 36.4 Å². The zero-order valence-corrected chi connectivity index (χ0v) is 21.7. The highest BCUT2D eigenvalue weighted by molar-refractivity contribution is 6.30. The fraction of sp³-hybridized carbons (Fsp3) is 0.200. The van der Waals surface area contributed by atoms with Gasteiger partial charge in [-0.3, -0.25) is 4.79 Å². The number of anilines is 1. The minimum absolute atomic E-state index is 0.0522. The Hall–Kier alpha value is -4.21. The minimum atomic E-state index is -0.526. The highest BCUT2D eigenvalue weighted by Crippen LogP contribution is 2.35. The van der Waals surface area contributed by atoms with Gasteiger partial charge in [0.25, 0.3) is 5.91 Å². The molecule has 7 heteroatoms. The molecule has 0 atom stereocenters. The number of carbonyl (C=O) groups is 1. The number of benzene rings is 3. The lowest BCUT2D eigenvalue weighted by Crippen LogP contribution is -2.13. The van der Waals surface area contributed by atoms with E-state index in [0.29, 0.717) is 59.8 Å². The summed E-state index contributed by atoms with van der Waals surface area (Å²) in [7, 11) is 0. The third-order valence-corrected chi connectivity index (χ3v) is 5.45. The number of nitrogens with zero attached hydrogens (tertiary/aromatic N) is 1. The van der Waals surface area contributed by atoms with E-state index < -0.39 is 5.91 Å². The number of hydrogen-bond acceptors (Lipinski definition) is 5. The van der Waals surface area contributed by atoms with Gasteiger partial charge in [-0.1, -0.05) is 35.9 Å². The van der Waals surface area contributed by atoms with Crippen LogP contribution in [0, 0.1) is 11.3 Å². The van der Waals surface area contributed by atoms with Gasteiger partial charge in [0.1, 0.15) is 24.0 Å². The van der Waals surface area contributed by atoms with Crippen molar-refractivity contribution < 1.29 is 19.0 Å². The summed E-state index contributed by atoms with van der Waals surface area (Å²) in [5.74, 6) is 1.21. The third kappa shape index (κ3) is 7.89. The van der Waals surface area contributed by atoms with Crippen LogP contribution in [-0.4, -0.2) is 19.1 Å². The van der Waals surface area contributed by atoms with Gasteiger partial charge in [0, 0.05) is 22.3 Å². The molecule has 0 heterocycles. The molecule has 1 amide bonds. The van der Waals surface area contributed by atoms with Crippen LogP contribution in [0.4, 0.5) is 5.69 Å². The second kappa shape index (κ2) is 13.8. The van der Waals surface area contributed by atoms with Gasteiger partial charge in [-0.15, -0.1) is 6.58 Å². The molecule has 0 aromatic heterocycles. The minimum Gasteiger partial charge on any atom is -0.494 e. The number of carbonyl (C=O) groups excluding carboxylic acids is 1. The molecule has 0 aliphatic heterocycles. The highest BCUT2D eigenvalue weighted by Gasteiger charge is 2.16. The first kappa shape index (κ1) is 27.4. The molecule has 0 unspecified atom stereocenters. The molecule has 37 heavy (non-hydrogen) atoms. The molecule has 0 fully saturated rings. The van der Waals surface area contributed by atoms with Gasteiger partial charge < -0.3 is 19.5 Å². The maximum atomic E-state index is 12.9. The first-order chi connectivity index (χ1) is 18.0. The lowest BCUT2D eigenvalue weighted by Gasteiger charge is -2.17. The smallest absolute Gasteiger partial charge is 0.266 e. The van der Waals surface area contributed by atoms with Crippen LogP contribution in [0.1, 0.15) is 30.5 Å². The number of hydrogen-bond donors (Lipinski definition) is 1. The normalized spacial score (nSPS) is 10.8. The quantitative estimate of drug-likeness (QED) is 0.159. The molecule has 0 bridgehead atoms. The highest BCUT2D eigenvalue weighted by atomic mass is 35.5. The van der Waals surface area contributed by atoms with Crippen LogP contribution in [0.2, 0.25) is 5.02 Å². The predicted octanol–water partition coefficient (Wildman–Crippen LogP) is 6.99. The monoisotopic (exact) mass is 516 g/mol. The van der Waals surface area contributed by atoms with Gasteiger partial charge >= 0.3 is 0 Å². The van der Waals surface area contributed by atoms with Crippen molar-refractivity contribution in [2.75, 3.05) is 18.5 Å². The Kier molecular flexibility index (Phi) is 10.2. The van der Waals surface area contributed by atoms with Gasteiger partial charge in [0.2, 0.25) is 0 Å². The lowest BCUT2D eigenvalue weighted by atomic mass is 10.0. The summed E-state index contributed by atoms with van der Waals surface area (Å²) in [5.41, 5.74) is 2.89. The van der Waals surface area contributed by atoms with E-state index in [4.69, 9.17) is 25.8 Å². The summed E-state index contributed by atoms with van der Waals surface area (Å²) in [6.07, 6.45) is 3.80. The summed E-state index contributed by atoms with van der Waals surface area (Å²) in [4.78, 5) is 12.9. The second-order valence-corrected chi connectivity index (χ2v) is 8.37.